The minimum absolute atomic E-state index is 0.0613. The van der Waals surface area contributed by atoms with Gasteiger partial charge in [0.2, 0.25) is 0 Å². The van der Waals surface area contributed by atoms with Crippen molar-refractivity contribution in [2.24, 2.45) is 5.92 Å². The van der Waals surface area contributed by atoms with Gasteiger partial charge in [0.25, 0.3) is 0 Å². The molecule has 3 rings (SSSR count). The van der Waals surface area contributed by atoms with Crippen LogP contribution in [0.15, 0.2) is 0 Å². The van der Waals surface area contributed by atoms with Crippen LogP contribution in [-0.4, -0.2) is 42.8 Å². The van der Waals surface area contributed by atoms with E-state index in [0.717, 1.165) is 13.1 Å². The highest BCUT2D eigenvalue weighted by Crippen LogP contribution is 2.31. The van der Waals surface area contributed by atoms with Crippen LogP contribution in [0.5, 0.6) is 0 Å². The topological polar surface area (TPSA) is 41.6 Å². The maximum atomic E-state index is 11.9. The van der Waals surface area contributed by atoms with Crippen LogP contribution in [0.3, 0.4) is 0 Å². The van der Waals surface area contributed by atoms with Gasteiger partial charge in [-0.3, -0.25) is 4.90 Å². The predicted octanol–water partition coefficient (Wildman–Crippen LogP) is 1.75. The zero-order valence-corrected chi connectivity index (χ0v) is 10.4. The number of rotatable bonds is 2. The number of nitrogens with one attached hydrogen (secondary N) is 1. The van der Waals surface area contributed by atoms with Crippen molar-refractivity contribution in [3.8, 4) is 0 Å². The zero-order chi connectivity index (χ0) is 11.7. The molecule has 2 saturated heterocycles. The van der Waals surface area contributed by atoms with Crippen molar-refractivity contribution < 1.29 is 9.53 Å². The van der Waals surface area contributed by atoms with E-state index in [1.54, 1.807) is 0 Å². The summed E-state index contributed by atoms with van der Waals surface area (Å²) < 4.78 is 5.30. The second-order valence-corrected chi connectivity index (χ2v) is 5.60. The Bertz CT molecular complexity index is 283. The number of amides is 1. The molecule has 2 unspecified atom stereocenters. The van der Waals surface area contributed by atoms with Gasteiger partial charge in [0, 0.05) is 12.6 Å². The van der Waals surface area contributed by atoms with Gasteiger partial charge >= 0.3 is 6.09 Å². The fourth-order valence-electron chi connectivity index (χ4n) is 3.59. The molecule has 2 heterocycles. The van der Waals surface area contributed by atoms with Crippen LogP contribution < -0.4 is 5.32 Å². The average Bonchev–Trinajstić information content (AvgIpc) is 2.98. The molecule has 4 heteroatoms. The summed E-state index contributed by atoms with van der Waals surface area (Å²) in [4.78, 5) is 14.0. The molecular weight excluding hydrogens is 216 g/mol. The summed E-state index contributed by atoms with van der Waals surface area (Å²) in [5.74, 6) is 0.600. The Morgan fingerprint density at radius 1 is 1.18 bits per heavy atom. The Kier molecular flexibility index (Phi) is 3.23. The smallest absolute Gasteiger partial charge is 0.410 e. The third-order valence-electron chi connectivity index (χ3n) is 4.56. The van der Waals surface area contributed by atoms with Gasteiger partial charge in [0.15, 0.2) is 0 Å². The molecule has 0 spiro atoms. The van der Waals surface area contributed by atoms with Crippen LogP contribution in [0.1, 0.15) is 38.5 Å². The van der Waals surface area contributed by atoms with E-state index >= 15 is 0 Å². The molecule has 0 bridgehead atoms. The molecule has 0 aromatic carbocycles. The van der Waals surface area contributed by atoms with Gasteiger partial charge in [-0.25, -0.2) is 4.79 Å². The standard InChI is InChI=1S/C13H22N2O2/c16-13-15(11-4-2-1-3-5-11)12(9-17-13)10-6-7-14-8-10/h10-12,14H,1-9H2. The average molecular weight is 238 g/mol. The monoisotopic (exact) mass is 238 g/mol. The number of hydrogen-bond donors (Lipinski definition) is 1. The molecular formula is C13H22N2O2. The van der Waals surface area contributed by atoms with Crippen LogP contribution in [0.25, 0.3) is 0 Å². The molecule has 1 N–H and O–H groups in total. The van der Waals surface area contributed by atoms with Gasteiger partial charge in [0.05, 0.1) is 6.04 Å². The Morgan fingerprint density at radius 3 is 2.71 bits per heavy atom. The van der Waals surface area contributed by atoms with Crippen LogP contribution >= 0.6 is 0 Å². The van der Waals surface area contributed by atoms with E-state index in [2.05, 4.69) is 10.2 Å². The lowest BCUT2D eigenvalue weighted by Gasteiger charge is -2.35. The van der Waals surface area contributed by atoms with E-state index < -0.39 is 0 Å². The van der Waals surface area contributed by atoms with E-state index in [4.69, 9.17) is 4.74 Å². The Labute approximate surface area is 103 Å². The number of cyclic esters (lactones) is 1. The van der Waals surface area contributed by atoms with Crippen LogP contribution in [0.4, 0.5) is 4.79 Å². The third kappa shape index (κ3) is 2.15. The van der Waals surface area contributed by atoms with Crippen molar-refractivity contribution in [2.45, 2.75) is 50.6 Å². The first-order valence-electron chi connectivity index (χ1n) is 7.02. The van der Waals surface area contributed by atoms with Gasteiger partial charge in [-0.15, -0.1) is 0 Å². The van der Waals surface area contributed by atoms with E-state index in [-0.39, 0.29) is 6.09 Å². The quantitative estimate of drug-likeness (QED) is 0.797. The highest BCUT2D eigenvalue weighted by atomic mass is 16.6. The summed E-state index contributed by atoms with van der Waals surface area (Å²) in [6.45, 7) is 2.75. The fourth-order valence-corrected chi connectivity index (χ4v) is 3.59. The van der Waals surface area contributed by atoms with Gasteiger partial charge in [-0.1, -0.05) is 19.3 Å². The Hall–Kier alpha value is -0.770. The molecule has 2 aliphatic heterocycles. The molecule has 3 aliphatic rings. The molecule has 3 fully saturated rings. The number of carbonyl (C=O) groups is 1. The largest absolute Gasteiger partial charge is 0.447 e. The molecule has 2 atom stereocenters. The number of hydrogen-bond acceptors (Lipinski definition) is 3. The maximum absolute atomic E-state index is 11.9. The minimum Gasteiger partial charge on any atom is -0.447 e. The van der Waals surface area contributed by atoms with Crippen molar-refractivity contribution in [3.05, 3.63) is 0 Å². The van der Waals surface area contributed by atoms with Crippen LogP contribution in [-0.2, 0) is 4.74 Å². The molecule has 17 heavy (non-hydrogen) atoms. The van der Waals surface area contributed by atoms with Crippen molar-refractivity contribution in [3.63, 3.8) is 0 Å². The second-order valence-electron chi connectivity index (χ2n) is 5.60. The van der Waals surface area contributed by atoms with Crippen LogP contribution in [0, 0.1) is 5.92 Å². The summed E-state index contributed by atoms with van der Waals surface area (Å²) in [5.41, 5.74) is 0. The lowest BCUT2D eigenvalue weighted by molar-refractivity contribution is 0.122. The third-order valence-corrected chi connectivity index (χ3v) is 4.56. The highest BCUT2D eigenvalue weighted by molar-refractivity contribution is 5.70. The summed E-state index contributed by atoms with van der Waals surface area (Å²) in [7, 11) is 0. The van der Waals surface area contributed by atoms with Gasteiger partial charge in [0.1, 0.15) is 6.61 Å². The predicted molar refractivity (Wildman–Crippen MR) is 64.8 cm³/mol. The van der Waals surface area contributed by atoms with Crippen LogP contribution in [0.2, 0.25) is 0 Å². The SMILES string of the molecule is O=C1OCC(C2CCNC2)N1C1CCCCC1. The normalized spacial score (nSPS) is 35.3. The maximum Gasteiger partial charge on any atom is 0.410 e. The minimum atomic E-state index is -0.0613. The Morgan fingerprint density at radius 2 is 2.00 bits per heavy atom. The first kappa shape index (κ1) is 11.3. The molecule has 4 nitrogen and oxygen atoms in total. The summed E-state index contributed by atoms with van der Waals surface area (Å²) in [5, 5.41) is 3.39. The van der Waals surface area contributed by atoms with Gasteiger partial charge in [-0.05, 0) is 31.7 Å². The van der Waals surface area contributed by atoms with E-state index in [0.29, 0.717) is 24.6 Å². The van der Waals surface area contributed by atoms with Crippen molar-refractivity contribution in [1.82, 2.24) is 10.2 Å². The second kappa shape index (κ2) is 4.84. The molecule has 0 radical (unpaired) electrons. The number of nitrogens with zero attached hydrogens (tertiary/aromatic N) is 1. The molecule has 1 saturated carbocycles. The molecule has 1 amide bonds. The lowest BCUT2D eigenvalue weighted by Crippen LogP contribution is -2.47. The summed E-state index contributed by atoms with van der Waals surface area (Å²) in [6, 6.07) is 0.782. The first-order chi connectivity index (χ1) is 8.36. The van der Waals surface area contributed by atoms with Crippen molar-refractivity contribution in [2.75, 3.05) is 19.7 Å². The van der Waals surface area contributed by atoms with Gasteiger partial charge < -0.3 is 10.1 Å². The number of carbonyl (C=O) groups excluding carboxylic acids is 1. The highest BCUT2D eigenvalue weighted by Gasteiger charge is 2.42. The summed E-state index contributed by atoms with van der Waals surface area (Å²) >= 11 is 0. The Balaban J connectivity index is 1.71. The molecule has 0 aromatic heterocycles. The fraction of sp³-hybridized carbons (Fsp3) is 0.923. The number of ether oxygens (including phenoxy) is 1. The molecule has 1 aliphatic carbocycles. The molecule has 96 valence electrons. The van der Waals surface area contributed by atoms with E-state index in [9.17, 15) is 4.79 Å². The van der Waals surface area contributed by atoms with E-state index in [1.807, 2.05) is 0 Å². The first-order valence-corrected chi connectivity index (χ1v) is 7.02. The zero-order valence-electron chi connectivity index (χ0n) is 10.4. The van der Waals surface area contributed by atoms with Crippen molar-refractivity contribution in [1.29, 1.82) is 0 Å². The van der Waals surface area contributed by atoms with Crippen molar-refractivity contribution >= 4 is 6.09 Å². The lowest BCUT2D eigenvalue weighted by atomic mass is 9.91. The summed E-state index contributed by atoms with van der Waals surface area (Å²) in [6.07, 6.45) is 7.33. The molecule has 0 aromatic rings. The van der Waals surface area contributed by atoms with E-state index in [1.165, 1.54) is 38.5 Å². The van der Waals surface area contributed by atoms with Gasteiger partial charge in [-0.2, -0.15) is 0 Å².